The fraction of sp³-hybridized carbons (Fsp3) is 0.625. The van der Waals surface area contributed by atoms with Crippen molar-refractivity contribution in [3.8, 4) is 5.75 Å². The summed E-state index contributed by atoms with van der Waals surface area (Å²) in [4.78, 5) is 2.25. The minimum absolute atomic E-state index is 0.913. The van der Waals surface area contributed by atoms with Crippen LogP contribution in [0.15, 0.2) is 24.3 Å². The number of benzene rings is 1. The van der Waals surface area contributed by atoms with E-state index in [0.717, 1.165) is 30.4 Å². The first kappa shape index (κ1) is 14.2. The van der Waals surface area contributed by atoms with Crippen molar-refractivity contribution in [3.05, 3.63) is 24.3 Å². The molecule has 0 radical (unpaired) electrons. The van der Waals surface area contributed by atoms with Crippen molar-refractivity contribution in [2.75, 3.05) is 38.7 Å². The number of anilines is 1. The second-order valence-corrected chi connectivity index (χ2v) is 5.45. The van der Waals surface area contributed by atoms with Crippen molar-refractivity contribution in [2.24, 2.45) is 5.92 Å². The Kier molecular flexibility index (Phi) is 5.52. The van der Waals surface area contributed by atoms with Gasteiger partial charge < -0.3 is 15.0 Å². The van der Waals surface area contributed by atoms with E-state index in [9.17, 15) is 0 Å². The molecule has 0 bridgehead atoms. The lowest BCUT2D eigenvalue weighted by atomic mass is 10.1. The predicted molar refractivity (Wildman–Crippen MR) is 81.1 cm³/mol. The lowest BCUT2D eigenvalue weighted by molar-refractivity contribution is 0.414. The van der Waals surface area contributed by atoms with E-state index >= 15 is 0 Å². The molecule has 1 saturated carbocycles. The smallest absolute Gasteiger partial charge is 0.142 e. The highest BCUT2D eigenvalue weighted by Gasteiger charge is 2.14. The lowest BCUT2D eigenvalue weighted by Crippen LogP contribution is -2.31. The summed E-state index contributed by atoms with van der Waals surface area (Å²) in [5.41, 5.74) is 1.16. The third kappa shape index (κ3) is 4.13. The second-order valence-electron chi connectivity index (χ2n) is 5.45. The Morgan fingerprint density at radius 2 is 2.00 bits per heavy atom. The van der Waals surface area contributed by atoms with Crippen LogP contribution < -0.4 is 15.0 Å². The van der Waals surface area contributed by atoms with Gasteiger partial charge in [-0.15, -0.1) is 0 Å². The number of rotatable bonds is 7. The first-order chi connectivity index (χ1) is 9.31. The van der Waals surface area contributed by atoms with Crippen LogP contribution in [0.2, 0.25) is 0 Å². The van der Waals surface area contributed by atoms with Crippen LogP contribution in [0.1, 0.15) is 25.7 Å². The molecule has 1 aromatic carbocycles. The lowest BCUT2D eigenvalue weighted by Gasteiger charge is -2.22. The number of nitrogens with one attached hydrogen (secondary N) is 1. The molecule has 3 heteroatoms. The number of methoxy groups -OCH3 is 1. The molecular weight excluding hydrogens is 236 g/mol. The maximum absolute atomic E-state index is 5.39. The Balaban J connectivity index is 1.72. The van der Waals surface area contributed by atoms with E-state index in [0.29, 0.717) is 0 Å². The van der Waals surface area contributed by atoms with Crippen LogP contribution >= 0.6 is 0 Å². The molecule has 106 valence electrons. The number of para-hydroxylation sites is 2. The molecule has 0 unspecified atom stereocenters. The third-order valence-corrected chi connectivity index (χ3v) is 4.03. The average molecular weight is 262 g/mol. The first-order valence-electron chi connectivity index (χ1n) is 7.36. The number of ether oxygens (including phenoxy) is 1. The van der Waals surface area contributed by atoms with Gasteiger partial charge in [0.1, 0.15) is 5.75 Å². The Hall–Kier alpha value is -1.22. The van der Waals surface area contributed by atoms with E-state index in [-0.39, 0.29) is 0 Å². The van der Waals surface area contributed by atoms with Gasteiger partial charge in [-0.1, -0.05) is 25.0 Å². The molecule has 0 aromatic heterocycles. The molecule has 0 spiro atoms. The average Bonchev–Trinajstić information content (AvgIpc) is 2.96. The number of likely N-dealkylation sites (N-methyl/N-ethyl adjacent to an activating group) is 1. The Labute approximate surface area is 116 Å². The molecule has 0 heterocycles. The highest BCUT2D eigenvalue weighted by Crippen LogP contribution is 2.26. The van der Waals surface area contributed by atoms with E-state index in [1.165, 1.54) is 32.2 Å². The van der Waals surface area contributed by atoms with Crippen LogP contribution in [0.5, 0.6) is 5.75 Å². The largest absolute Gasteiger partial charge is 0.495 e. The SMILES string of the molecule is COc1ccccc1N(C)CCNCC1CCCC1. The van der Waals surface area contributed by atoms with Crippen molar-refractivity contribution in [3.63, 3.8) is 0 Å². The van der Waals surface area contributed by atoms with E-state index in [2.05, 4.69) is 29.4 Å². The maximum Gasteiger partial charge on any atom is 0.142 e. The van der Waals surface area contributed by atoms with Gasteiger partial charge in [0.05, 0.1) is 12.8 Å². The number of hydrogen-bond acceptors (Lipinski definition) is 3. The molecule has 1 N–H and O–H groups in total. The Morgan fingerprint density at radius 1 is 1.26 bits per heavy atom. The maximum atomic E-state index is 5.39. The predicted octanol–water partition coefficient (Wildman–Crippen LogP) is 2.91. The van der Waals surface area contributed by atoms with Crippen LogP contribution in [0.25, 0.3) is 0 Å². The molecule has 1 aromatic rings. The van der Waals surface area contributed by atoms with Crippen molar-refractivity contribution < 1.29 is 4.74 Å². The van der Waals surface area contributed by atoms with Crippen molar-refractivity contribution in [1.29, 1.82) is 0 Å². The first-order valence-corrected chi connectivity index (χ1v) is 7.36. The van der Waals surface area contributed by atoms with Gasteiger partial charge in [0.2, 0.25) is 0 Å². The molecule has 0 atom stereocenters. The van der Waals surface area contributed by atoms with Crippen molar-refractivity contribution >= 4 is 5.69 Å². The molecule has 19 heavy (non-hydrogen) atoms. The van der Waals surface area contributed by atoms with Crippen molar-refractivity contribution in [1.82, 2.24) is 5.32 Å². The Bertz CT molecular complexity index is 375. The molecule has 0 amide bonds. The van der Waals surface area contributed by atoms with Crippen LogP contribution in [0.4, 0.5) is 5.69 Å². The summed E-state index contributed by atoms with van der Waals surface area (Å²) in [5, 5.41) is 3.58. The monoisotopic (exact) mass is 262 g/mol. The second kappa shape index (κ2) is 7.39. The summed E-state index contributed by atoms with van der Waals surface area (Å²) in [7, 11) is 3.85. The van der Waals surface area contributed by atoms with Gasteiger partial charge in [-0.2, -0.15) is 0 Å². The summed E-state index contributed by atoms with van der Waals surface area (Å²) in [6.07, 6.45) is 5.67. The molecule has 2 rings (SSSR count). The standard InChI is InChI=1S/C16H26N2O/c1-18(15-9-5-6-10-16(15)19-2)12-11-17-13-14-7-3-4-8-14/h5-6,9-10,14,17H,3-4,7-8,11-13H2,1-2H3. The van der Waals surface area contributed by atoms with Crippen LogP contribution in [0.3, 0.4) is 0 Å². The van der Waals surface area contributed by atoms with E-state index < -0.39 is 0 Å². The van der Waals surface area contributed by atoms with Gasteiger partial charge in [0.15, 0.2) is 0 Å². The third-order valence-electron chi connectivity index (χ3n) is 4.03. The fourth-order valence-electron chi connectivity index (χ4n) is 2.83. The van der Waals surface area contributed by atoms with Gasteiger partial charge in [-0.05, 0) is 37.4 Å². The van der Waals surface area contributed by atoms with Gasteiger partial charge in [0.25, 0.3) is 0 Å². The van der Waals surface area contributed by atoms with Crippen LogP contribution in [-0.4, -0.2) is 33.8 Å². The molecule has 1 fully saturated rings. The summed E-state index contributed by atoms with van der Waals surface area (Å²) < 4.78 is 5.39. The highest BCUT2D eigenvalue weighted by atomic mass is 16.5. The Morgan fingerprint density at radius 3 is 2.74 bits per heavy atom. The minimum Gasteiger partial charge on any atom is -0.495 e. The van der Waals surface area contributed by atoms with Gasteiger partial charge in [-0.25, -0.2) is 0 Å². The van der Waals surface area contributed by atoms with Crippen LogP contribution in [0, 0.1) is 5.92 Å². The summed E-state index contributed by atoms with van der Waals surface area (Å²) in [6.45, 7) is 3.22. The molecular formula is C16H26N2O. The van der Waals surface area contributed by atoms with Gasteiger partial charge in [0, 0.05) is 20.1 Å². The number of nitrogens with zero attached hydrogens (tertiary/aromatic N) is 1. The molecule has 0 aliphatic heterocycles. The zero-order valence-corrected chi connectivity index (χ0v) is 12.2. The number of hydrogen-bond donors (Lipinski definition) is 1. The fourth-order valence-corrected chi connectivity index (χ4v) is 2.83. The molecule has 1 aliphatic rings. The summed E-state index contributed by atoms with van der Waals surface area (Å²) in [6, 6.07) is 8.18. The van der Waals surface area contributed by atoms with Crippen molar-refractivity contribution in [2.45, 2.75) is 25.7 Å². The summed E-state index contributed by atoms with van der Waals surface area (Å²) in [5.74, 6) is 1.86. The quantitative estimate of drug-likeness (QED) is 0.765. The van der Waals surface area contributed by atoms with E-state index in [1.807, 2.05) is 12.1 Å². The molecule has 0 saturated heterocycles. The topological polar surface area (TPSA) is 24.5 Å². The van der Waals surface area contributed by atoms with Gasteiger partial charge >= 0.3 is 0 Å². The van der Waals surface area contributed by atoms with Gasteiger partial charge in [-0.3, -0.25) is 0 Å². The molecule has 1 aliphatic carbocycles. The molecule has 3 nitrogen and oxygen atoms in total. The minimum atomic E-state index is 0.913. The van der Waals surface area contributed by atoms with E-state index in [1.54, 1.807) is 7.11 Å². The normalized spacial score (nSPS) is 15.7. The van der Waals surface area contributed by atoms with E-state index in [4.69, 9.17) is 4.74 Å². The highest BCUT2D eigenvalue weighted by molar-refractivity contribution is 5.57. The summed E-state index contributed by atoms with van der Waals surface area (Å²) >= 11 is 0. The zero-order valence-electron chi connectivity index (χ0n) is 12.2. The van der Waals surface area contributed by atoms with Crippen LogP contribution in [-0.2, 0) is 0 Å². The zero-order chi connectivity index (χ0) is 13.5.